The van der Waals surface area contributed by atoms with E-state index in [2.05, 4.69) is 27.7 Å². The number of aliphatic hydroxyl groups excluding tert-OH is 9. The highest BCUT2D eigenvalue weighted by molar-refractivity contribution is 5.15. The molecule has 0 aromatic rings. The van der Waals surface area contributed by atoms with E-state index in [0.717, 1.165) is 51.6 Å². The van der Waals surface area contributed by atoms with Crippen molar-refractivity contribution in [1.29, 1.82) is 0 Å². The monoisotopic (exact) mass is 886 g/mol. The van der Waals surface area contributed by atoms with Crippen LogP contribution in [0.5, 0.6) is 0 Å². The van der Waals surface area contributed by atoms with Crippen LogP contribution >= 0.6 is 0 Å². The summed E-state index contributed by atoms with van der Waals surface area (Å²) in [7, 11) is 0. The summed E-state index contributed by atoms with van der Waals surface area (Å²) >= 11 is 0. The fourth-order valence-corrected chi connectivity index (χ4v) is 14.6. The van der Waals surface area contributed by atoms with E-state index in [4.69, 9.17) is 37.9 Å². The third-order valence-corrected chi connectivity index (χ3v) is 18.2. The van der Waals surface area contributed by atoms with E-state index in [1.54, 1.807) is 0 Å². The van der Waals surface area contributed by atoms with Crippen LogP contribution in [0, 0.1) is 52.3 Å². The molecule has 17 nitrogen and oxygen atoms in total. The van der Waals surface area contributed by atoms with Gasteiger partial charge < -0.3 is 83.9 Å². The summed E-state index contributed by atoms with van der Waals surface area (Å²) in [5.41, 5.74) is 0.320. The molecule has 0 aromatic carbocycles. The Morgan fingerprint density at radius 2 is 1.24 bits per heavy atom. The summed E-state index contributed by atoms with van der Waals surface area (Å²) in [6, 6.07) is 0. The van der Waals surface area contributed by atoms with Crippen molar-refractivity contribution in [3.63, 3.8) is 0 Å². The summed E-state index contributed by atoms with van der Waals surface area (Å²) in [5, 5.41) is 95.8. The standard InChI is InChI=1S/C45H74O17/c1-19-8-13-45(55-18-19)20(2)30-27(62-45)15-26-24-7-6-22-14-23(9-11-43(22,4)25(24)10-12-44(26,30)5)57-42-39(61-40-35(52)33(50)31(48)21(3)56-40)37(54)38(29(17-47)59-42)60-41-36(53)34(51)32(49)28(16-46)58-41/h19-42,46-54H,6-18H2,1-5H3/t19-,20-,21-,22-,23-,24+,25-,26-,27-,28+,29+,30-,31-,32+,33+,34-,35+,36+,37-,38-,39+,40-,41-,42+,43-,44-,45+/m0/s1. The van der Waals surface area contributed by atoms with Crippen LogP contribution in [-0.2, 0) is 37.9 Å². The molecule has 0 unspecified atom stereocenters. The molecule has 4 aliphatic carbocycles. The zero-order chi connectivity index (χ0) is 44.2. The first kappa shape index (κ1) is 46.4. The number of fused-ring (bicyclic) bond motifs is 7. The minimum atomic E-state index is -1.81. The van der Waals surface area contributed by atoms with E-state index < -0.39 is 111 Å². The largest absolute Gasteiger partial charge is 0.394 e. The van der Waals surface area contributed by atoms with Crippen LogP contribution in [0.2, 0.25) is 0 Å². The fraction of sp³-hybridized carbons (Fsp3) is 1.00. The molecule has 5 heterocycles. The van der Waals surface area contributed by atoms with Crippen molar-refractivity contribution in [1.82, 2.24) is 0 Å². The van der Waals surface area contributed by atoms with E-state index in [1.165, 1.54) is 19.8 Å². The number of hydrogen-bond donors (Lipinski definition) is 9. The van der Waals surface area contributed by atoms with Crippen LogP contribution in [0.25, 0.3) is 0 Å². The van der Waals surface area contributed by atoms with Gasteiger partial charge in [-0.3, -0.25) is 0 Å². The second-order valence-electron chi connectivity index (χ2n) is 21.5. The molecule has 9 aliphatic rings. The average Bonchev–Trinajstić information content (AvgIpc) is 3.70. The summed E-state index contributed by atoms with van der Waals surface area (Å²) in [5.74, 6) is 3.18. The Kier molecular flexibility index (Phi) is 13.1. The van der Waals surface area contributed by atoms with Gasteiger partial charge in [0.05, 0.1) is 38.1 Å². The van der Waals surface area contributed by atoms with Gasteiger partial charge in [-0.05, 0) is 111 Å². The Morgan fingerprint density at radius 3 is 1.94 bits per heavy atom. The van der Waals surface area contributed by atoms with E-state index in [-0.39, 0.29) is 23.0 Å². The van der Waals surface area contributed by atoms with Crippen molar-refractivity contribution in [2.45, 2.75) is 209 Å². The molecule has 5 saturated heterocycles. The van der Waals surface area contributed by atoms with Gasteiger partial charge in [-0.15, -0.1) is 0 Å². The van der Waals surface area contributed by atoms with Crippen LogP contribution < -0.4 is 0 Å². The number of ether oxygens (including phenoxy) is 8. The van der Waals surface area contributed by atoms with Crippen LogP contribution in [0.1, 0.15) is 98.8 Å². The molecule has 27 atom stereocenters. The Hall–Kier alpha value is -0.680. The minimum Gasteiger partial charge on any atom is -0.394 e. The summed E-state index contributed by atoms with van der Waals surface area (Å²) in [6.07, 6.45) is -12.6. The normalized spacial score (nSPS) is 58.9. The Balaban J connectivity index is 0.899. The van der Waals surface area contributed by atoms with Crippen molar-refractivity contribution < 1.29 is 83.9 Å². The van der Waals surface area contributed by atoms with Gasteiger partial charge in [0.15, 0.2) is 24.7 Å². The van der Waals surface area contributed by atoms with Crippen LogP contribution in [0.15, 0.2) is 0 Å². The van der Waals surface area contributed by atoms with Gasteiger partial charge in [-0.2, -0.15) is 0 Å². The molecule has 17 heteroatoms. The van der Waals surface area contributed by atoms with E-state index >= 15 is 0 Å². The molecule has 62 heavy (non-hydrogen) atoms. The van der Waals surface area contributed by atoms with Crippen LogP contribution in [-0.4, -0.2) is 176 Å². The highest BCUT2D eigenvalue weighted by atomic mass is 16.8. The van der Waals surface area contributed by atoms with Gasteiger partial charge in [0, 0.05) is 12.3 Å². The molecule has 9 N–H and O–H groups in total. The second kappa shape index (κ2) is 17.4. The summed E-state index contributed by atoms with van der Waals surface area (Å²) < 4.78 is 50.0. The molecule has 0 aromatic heterocycles. The number of rotatable bonds is 8. The molecule has 0 radical (unpaired) electrons. The lowest BCUT2D eigenvalue weighted by Crippen LogP contribution is -2.67. The second-order valence-corrected chi connectivity index (χ2v) is 21.5. The zero-order valence-corrected chi connectivity index (χ0v) is 36.8. The van der Waals surface area contributed by atoms with Gasteiger partial charge in [0.2, 0.25) is 0 Å². The van der Waals surface area contributed by atoms with E-state index in [0.29, 0.717) is 47.8 Å². The van der Waals surface area contributed by atoms with E-state index in [9.17, 15) is 46.0 Å². The molecular weight excluding hydrogens is 812 g/mol. The van der Waals surface area contributed by atoms with Crippen molar-refractivity contribution in [3.8, 4) is 0 Å². The van der Waals surface area contributed by atoms with E-state index in [1.807, 2.05) is 0 Å². The molecule has 1 spiro atoms. The first-order valence-electron chi connectivity index (χ1n) is 23.7. The molecule has 356 valence electrons. The van der Waals surface area contributed by atoms with Crippen molar-refractivity contribution >= 4 is 0 Å². The molecule has 4 saturated carbocycles. The van der Waals surface area contributed by atoms with Crippen molar-refractivity contribution in [2.75, 3.05) is 19.8 Å². The highest BCUT2D eigenvalue weighted by Gasteiger charge is 2.69. The molecule has 9 rings (SSSR count). The average molecular weight is 887 g/mol. The maximum absolute atomic E-state index is 12.0. The fourth-order valence-electron chi connectivity index (χ4n) is 14.6. The number of aliphatic hydroxyl groups is 9. The lowest BCUT2D eigenvalue weighted by Gasteiger charge is -2.61. The maximum Gasteiger partial charge on any atom is 0.187 e. The molecule has 0 bridgehead atoms. The molecular formula is C45H74O17. The number of hydrogen-bond acceptors (Lipinski definition) is 17. The predicted molar refractivity (Wildman–Crippen MR) is 214 cm³/mol. The van der Waals surface area contributed by atoms with Crippen molar-refractivity contribution in [2.24, 2.45) is 52.3 Å². The predicted octanol–water partition coefficient (Wildman–Crippen LogP) is 0.294. The van der Waals surface area contributed by atoms with Gasteiger partial charge in [-0.1, -0.05) is 27.7 Å². The first-order chi connectivity index (χ1) is 29.4. The topological polar surface area (TPSA) is 256 Å². The zero-order valence-electron chi connectivity index (χ0n) is 36.8. The Labute approximate surface area is 364 Å². The quantitative estimate of drug-likeness (QED) is 0.149. The third-order valence-electron chi connectivity index (χ3n) is 18.2. The van der Waals surface area contributed by atoms with Gasteiger partial charge in [0.1, 0.15) is 67.1 Å². The SMILES string of the molecule is C[C@H]1CC[C@@]2(OC1)O[C@H]1C[C@H]3[C@@H]4CC[C@H]5C[C@@H](O[C@@H]6O[C@H](CO)[C@H](O[C@@H]7O[C@H](CO)[C@@H](O)[C@H](O)[C@H]7O)[C@H](O)[C@H]6O[C@@H]6O[C@@H](C)[C@H](O)[C@@H](O)[C@H]6O)CC[C@]5(C)[C@H]4CC[C@]3(C)[C@H]1[C@@H]2C. The van der Waals surface area contributed by atoms with Gasteiger partial charge >= 0.3 is 0 Å². The van der Waals surface area contributed by atoms with Gasteiger partial charge in [-0.25, -0.2) is 0 Å². The highest BCUT2D eigenvalue weighted by Crippen LogP contribution is 2.71. The molecule has 5 aliphatic heterocycles. The Bertz CT molecular complexity index is 1550. The van der Waals surface area contributed by atoms with Crippen LogP contribution in [0.3, 0.4) is 0 Å². The summed E-state index contributed by atoms with van der Waals surface area (Å²) in [4.78, 5) is 0. The molecule has 0 amide bonds. The summed E-state index contributed by atoms with van der Waals surface area (Å²) in [6.45, 7) is 10.6. The lowest BCUT2D eigenvalue weighted by atomic mass is 9.44. The first-order valence-corrected chi connectivity index (χ1v) is 23.7. The Morgan fingerprint density at radius 1 is 0.581 bits per heavy atom. The van der Waals surface area contributed by atoms with Crippen molar-refractivity contribution in [3.05, 3.63) is 0 Å². The maximum atomic E-state index is 12.0. The van der Waals surface area contributed by atoms with Crippen LogP contribution in [0.4, 0.5) is 0 Å². The lowest BCUT2D eigenvalue weighted by molar-refractivity contribution is -0.390. The third kappa shape index (κ3) is 7.56. The smallest absolute Gasteiger partial charge is 0.187 e. The van der Waals surface area contributed by atoms with Gasteiger partial charge in [0.25, 0.3) is 0 Å². The molecule has 9 fully saturated rings. The minimum absolute atomic E-state index is 0.103.